The van der Waals surface area contributed by atoms with Gasteiger partial charge < -0.3 is 19.8 Å². The summed E-state index contributed by atoms with van der Waals surface area (Å²) >= 11 is 0. The highest BCUT2D eigenvalue weighted by molar-refractivity contribution is 5.79. The number of nitrogens with zero attached hydrogens (tertiary/aromatic N) is 4. The second kappa shape index (κ2) is 11.3. The number of benzene rings is 2. The van der Waals surface area contributed by atoms with Gasteiger partial charge in [-0.05, 0) is 73.9 Å². The Labute approximate surface area is 234 Å². The van der Waals surface area contributed by atoms with Gasteiger partial charge in [-0.3, -0.25) is 9.59 Å². The van der Waals surface area contributed by atoms with Crippen LogP contribution in [0.2, 0.25) is 0 Å². The van der Waals surface area contributed by atoms with Gasteiger partial charge in [0.25, 0.3) is 0 Å². The lowest BCUT2D eigenvalue weighted by molar-refractivity contribution is -0.132. The Hall–Kier alpha value is -3.94. The zero-order chi connectivity index (χ0) is 27.6. The number of fused-ring (bicyclic) bond motifs is 2. The van der Waals surface area contributed by atoms with E-state index in [-0.39, 0.29) is 23.9 Å². The molecule has 0 spiro atoms. The summed E-state index contributed by atoms with van der Waals surface area (Å²) in [5.74, 6) is 2.20. The number of allylic oxidation sites excluding steroid dienone is 2. The molecule has 2 aromatic carbocycles. The number of likely N-dealkylation sites (tertiary alicyclic amines) is 2. The summed E-state index contributed by atoms with van der Waals surface area (Å²) in [4.78, 5) is 45.2. The molecule has 0 aliphatic carbocycles. The number of nitrogens with one attached hydrogen (secondary N) is 2. The molecule has 0 unspecified atom stereocenters. The summed E-state index contributed by atoms with van der Waals surface area (Å²) in [5.41, 5.74) is 6.40. The minimum Gasteiger partial charge on any atom is -0.340 e. The number of imidazole rings is 2. The lowest BCUT2D eigenvalue weighted by Crippen LogP contribution is -2.30. The maximum absolute atomic E-state index is 12.3. The van der Waals surface area contributed by atoms with Crippen LogP contribution in [0.5, 0.6) is 0 Å². The predicted octanol–water partition coefficient (Wildman–Crippen LogP) is 5.93. The van der Waals surface area contributed by atoms with Crippen LogP contribution in [0.4, 0.5) is 0 Å². The van der Waals surface area contributed by atoms with Gasteiger partial charge in [-0.1, -0.05) is 38.1 Å². The first kappa shape index (κ1) is 26.3. The molecular formula is C32H38N6O2. The molecule has 208 valence electrons. The molecule has 2 aromatic heterocycles. The zero-order valence-corrected chi connectivity index (χ0v) is 23.4. The molecule has 8 nitrogen and oxygen atoms in total. The van der Waals surface area contributed by atoms with Crippen LogP contribution in [0.25, 0.3) is 22.1 Å². The Kier molecular flexibility index (Phi) is 7.41. The van der Waals surface area contributed by atoms with E-state index >= 15 is 0 Å². The molecule has 40 heavy (non-hydrogen) atoms. The van der Waals surface area contributed by atoms with Gasteiger partial charge in [0.1, 0.15) is 11.6 Å². The van der Waals surface area contributed by atoms with E-state index in [4.69, 9.17) is 9.97 Å². The standard InChI is InChI=1S/C32H38N6O2/c1-3-29(39)37-17-7-11-27(37)31-33-23-15-13-21(19-25(23)35-31)9-5-6-10-22-14-16-24-26(20-22)36-32(34-24)28-12-8-18-38(28)30(40)4-2/h5-6,13-16,19-20,27-28H,3-4,7-12,17-18H2,1-2H3,(H,33,35)(H,34,36)/b6-5+/t27-,28-/m1/s1. The van der Waals surface area contributed by atoms with Gasteiger partial charge in [-0.15, -0.1) is 0 Å². The van der Waals surface area contributed by atoms with Crippen molar-refractivity contribution in [2.24, 2.45) is 0 Å². The molecule has 2 aliphatic heterocycles. The first-order chi connectivity index (χ1) is 19.5. The molecule has 2 fully saturated rings. The molecule has 2 atom stereocenters. The largest absolute Gasteiger partial charge is 0.340 e. The third kappa shape index (κ3) is 5.15. The molecular weight excluding hydrogens is 500 g/mol. The number of carbonyl (C=O) groups is 2. The predicted molar refractivity (Wildman–Crippen MR) is 157 cm³/mol. The van der Waals surface area contributed by atoms with Gasteiger partial charge in [0.05, 0.1) is 34.2 Å². The fraction of sp³-hybridized carbons (Fsp3) is 0.438. The van der Waals surface area contributed by atoms with Crippen LogP contribution in [0.3, 0.4) is 0 Å². The van der Waals surface area contributed by atoms with Crippen molar-refractivity contribution < 1.29 is 9.59 Å². The number of hydrogen-bond donors (Lipinski definition) is 2. The van der Waals surface area contributed by atoms with Gasteiger partial charge in [0, 0.05) is 25.9 Å². The van der Waals surface area contributed by atoms with Crippen LogP contribution in [0, 0.1) is 0 Å². The van der Waals surface area contributed by atoms with Crippen LogP contribution < -0.4 is 0 Å². The highest BCUT2D eigenvalue weighted by Crippen LogP contribution is 2.33. The van der Waals surface area contributed by atoms with Crippen LogP contribution in [0.1, 0.15) is 87.2 Å². The Bertz CT molecular complexity index is 1450. The van der Waals surface area contributed by atoms with Crippen molar-refractivity contribution in [3.05, 3.63) is 71.3 Å². The smallest absolute Gasteiger partial charge is 0.222 e. The second-order valence-corrected chi connectivity index (χ2v) is 11.0. The summed E-state index contributed by atoms with van der Waals surface area (Å²) in [6, 6.07) is 12.9. The van der Waals surface area contributed by atoms with E-state index in [9.17, 15) is 9.59 Å². The summed E-state index contributed by atoms with van der Waals surface area (Å²) in [6.45, 7) is 5.48. The van der Waals surface area contributed by atoms with Gasteiger partial charge in [0.15, 0.2) is 0 Å². The van der Waals surface area contributed by atoms with Crippen molar-refractivity contribution in [1.82, 2.24) is 29.7 Å². The second-order valence-electron chi connectivity index (χ2n) is 11.0. The normalized spacial score (nSPS) is 19.6. The number of aromatic amines is 2. The third-order valence-corrected chi connectivity index (χ3v) is 8.39. The number of hydrogen-bond acceptors (Lipinski definition) is 4. The first-order valence-electron chi connectivity index (χ1n) is 14.7. The van der Waals surface area contributed by atoms with Crippen molar-refractivity contribution in [1.29, 1.82) is 0 Å². The number of carbonyl (C=O) groups excluding carboxylic acids is 2. The molecule has 4 heterocycles. The van der Waals surface area contributed by atoms with Gasteiger partial charge in [0.2, 0.25) is 11.8 Å². The average molecular weight is 539 g/mol. The highest BCUT2D eigenvalue weighted by atomic mass is 16.2. The van der Waals surface area contributed by atoms with Gasteiger partial charge >= 0.3 is 0 Å². The van der Waals surface area contributed by atoms with Crippen molar-refractivity contribution in [3.63, 3.8) is 0 Å². The van der Waals surface area contributed by atoms with E-state index in [0.29, 0.717) is 12.8 Å². The monoisotopic (exact) mass is 538 g/mol. The minimum atomic E-state index is 0.0578. The molecule has 2 N–H and O–H groups in total. The van der Waals surface area contributed by atoms with Crippen molar-refractivity contribution in [2.45, 2.75) is 77.3 Å². The molecule has 2 aliphatic rings. The third-order valence-electron chi connectivity index (χ3n) is 8.39. The van der Waals surface area contributed by atoms with Crippen molar-refractivity contribution >= 4 is 33.9 Å². The number of amides is 2. The van der Waals surface area contributed by atoms with Crippen LogP contribution in [-0.4, -0.2) is 54.6 Å². The molecule has 8 heteroatoms. The van der Waals surface area contributed by atoms with Crippen molar-refractivity contribution in [3.8, 4) is 0 Å². The van der Waals surface area contributed by atoms with E-state index in [1.165, 1.54) is 11.1 Å². The maximum Gasteiger partial charge on any atom is 0.222 e. The lowest BCUT2D eigenvalue weighted by Gasteiger charge is -2.22. The van der Waals surface area contributed by atoms with Crippen molar-refractivity contribution in [2.75, 3.05) is 13.1 Å². The van der Waals surface area contributed by atoms with E-state index in [0.717, 1.165) is 85.3 Å². The Morgan fingerprint density at radius 2 is 1.23 bits per heavy atom. The maximum atomic E-state index is 12.3. The summed E-state index contributed by atoms with van der Waals surface area (Å²) in [5, 5.41) is 0. The Balaban J connectivity index is 1.10. The molecule has 0 saturated carbocycles. The number of H-pyrrole nitrogens is 2. The number of rotatable bonds is 8. The lowest BCUT2D eigenvalue weighted by atomic mass is 10.1. The van der Waals surface area contributed by atoms with E-state index < -0.39 is 0 Å². The van der Waals surface area contributed by atoms with Gasteiger partial charge in [-0.2, -0.15) is 0 Å². The van der Waals surface area contributed by atoms with E-state index in [2.05, 4.69) is 58.5 Å². The van der Waals surface area contributed by atoms with Crippen LogP contribution in [0.15, 0.2) is 48.6 Å². The average Bonchev–Trinajstić information content (AvgIpc) is 3.78. The fourth-order valence-electron chi connectivity index (χ4n) is 6.27. The summed E-state index contributed by atoms with van der Waals surface area (Å²) < 4.78 is 0. The molecule has 0 radical (unpaired) electrons. The Morgan fingerprint density at radius 3 is 1.65 bits per heavy atom. The zero-order valence-electron chi connectivity index (χ0n) is 23.4. The molecule has 2 saturated heterocycles. The first-order valence-corrected chi connectivity index (χ1v) is 14.7. The van der Waals surface area contributed by atoms with Crippen LogP contribution in [-0.2, 0) is 22.4 Å². The topological polar surface area (TPSA) is 98.0 Å². The fourth-order valence-corrected chi connectivity index (χ4v) is 6.27. The Morgan fingerprint density at radius 1 is 0.775 bits per heavy atom. The minimum absolute atomic E-state index is 0.0578. The number of aromatic nitrogens is 4. The molecule has 4 aromatic rings. The van der Waals surface area contributed by atoms with Gasteiger partial charge in [-0.25, -0.2) is 9.97 Å². The molecule has 0 bridgehead atoms. The highest BCUT2D eigenvalue weighted by Gasteiger charge is 2.32. The molecule has 2 amide bonds. The quantitative estimate of drug-likeness (QED) is 0.272. The summed E-state index contributed by atoms with van der Waals surface area (Å²) in [7, 11) is 0. The SMILES string of the molecule is CCC(=O)N1CCC[C@@H]1c1nc2ccc(C/C=C/Cc3ccc4nc([C@H]5CCCN5C(=O)CC)[nH]c4c3)cc2[nH]1. The molecule has 6 rings (SSSR count). The summed E-state index contributed by atoms with van der Waals surface area (Å²) in [6.07, 6.45) is 11.2. The van der Waals surface area contributed by atoms with E-state index in [1.807, 2.05) is 23.6 Å². The van der Waals surface area contributed by atoms with Crippen LogP contribution >= 0.6 is 0 Å². The van der Waals surface area contributed by atoms with E-state index in [1.54, 1.807) is 0 Å².